The van der Waals surface area contributed by atoms with Crippen molar-refractivity contribution in [2.45, 2.75) is 13.0 Å². The first-order valence-corrected chi connectivity index (χ1v) is 7.12. The number of aliphatic hydroxyl groups is 1. The molecule has 0 spiro atoms. The van der Waals surface area contributed by atoms with Crippen LogP contribution in [0.3, 0.4) is 0 Å². The van der Waals surface area contributed by atoms with E-state index in [-0.39, 0.29) is 11.1 Å². The quantitative estimate of drug-likeness (QED) is 0.782. The Balaban J connectivity index is 2.27. The third kappa shape index (κ3) is 2.09. The third-order valence-electron chi connectivity index (χ3n) is 3.38. The van der Waals surface area contributed by atoms with E-state index in [9.17, 15) is 5.11 Å². The standard InChI is InChI=1S/C16H10N2O2S/c1-9-15(16(19)14-3-2-4-21-14)12-5-10(7-17)11(8-18)6-13(12)20-9/h2-6,16,19H,1H3. The largest absolute Gasteiger partial charge is 0.461 e. The smallest absolute Gasteiger partial charge is 0.136 e. The molecule has 21 heavy (non-hydrogen) atoms. The maximum absolute atomic E-state index is 10.5. The molecular formula is C16H10N2O2S. The van der Waals surface area contributed by atoms with Gasteiger partial charge in [0.25, 0.3) is 0 Å². The normalized spacial score (nSPS) is 12.0. The number of nitrogens with zero attached hydrogens (tertiary/aromatic N) is 2. The number of aliphatic hydroxyl groups excluding tert-OH is 1. The molecule has 5 heteroatoms. The zero-order valence-electron chi connectivity index (χ0n) is 11.1. The van der Waals surface area contributed by atoms with E-state index in [1.54, 1.807) is 19.1 Å². The van der Waals surface area contributed by atoms with Crippen LogP contribution < -0.4 is 0 Å². The van der Waals surface area contributed by atoms with Crippen LogP contribution in [0.25, 0.3) is 11.0 Å². The molecule has 1 aromatic carbocycles. The first-order chi connectivity index (χ1) is 10.2. The summed E-state index contributed by atoms with van der Waals surface area (Å²) in [4.78, 5) is 0.809. The van der Waals surface area contributed by atoms with E-state index in [1.807, 2.05) is 29.7 Å². The van der Waals surface area contributed by atoms with E-state index in [1.165, 1.54) is 11.3 Å². The van der Waals surface area contributed by atoms with Gasteiger partial charge in [-0.05, 0) is 24.4 Å². The third-order valence-corrected chi connectivity index (χ3v) is 4.30. The summed E-state index contributed by atoms with van der Waals surface area (Å²) >= 11 is 1.46. The molecule has 1 atom stereocenters. The fourth-order valence-corrected chi connectivity index (χ4v) is 3.12. The Morgan fingerprint density at radius 3 is 2.57 bits per heavy atom. The van der Waals surface area contributed by atoms with Gasteiger partial charge in [0.05, 0.1) is 11.1 Å². The molecular weight excluding hydrogens is 284 g/mol. The van der Waals surface area contributed by atoms with Crippen LogP contribution in [0, 0.1) is 29.6 Å². The lowest BCUT2D eigenvalue weighted by Gasteiger charge is -2.08. The molecule has 0 aliphatic rings. The van der Waals surface area contributed by atoms with Crippen molar-refractivity contribution in [3.8, 4) is 12.1 Å². The first kappa shape index (κ1) is 13.4. The van der Waals surface area contributed by atoms with Crippen LogP contribution in [0.1, 0.15) is 33.4 Å². The Bertz CT molecular complexity index is 895. The maximum Gasteiger partial charge on any atom is 0.136 e. The molecule has 102 valence electrons. The van der Waals surface area contributed by atoms with Gasteiger partial charge in [0, 0.05) is 21.9 Å². The number of rotatable bonds is 2. The minimum absolute atomic E-state index is 0.274. The Labute approximate surface area is 125 Å². The highest BCUT2D eigenvalue weighted by molar-refractivity contribution is 7.10. The number of nitriles is 2. The number of hydrogen-bond donors (Lipinski definition) is 1. The molecule has 2 aromatic heterocycles. The molecule has 1 unspecified atom stereocenters. The minimum atomic E-state index is -0.800. The van der Waals surface area contributed by atoms with Crippen LogP contribution in [0.5, 0.6) is 0 Å². The topological polar surface area (TPSA) is 81.0 Å². The fraction of sp³-hybridized carbons (Fsp3) is 0.125. The summed E-state index contributed by atoms with van der Waals surface area (Å²) in [5.41, 5.74) is 1.71. The number of furan rings is 1. The highest BCUT2D eigenvalue weighted by atomic mass is 32.1. The average molecular weight is 294 g/mol. The van der Waals surface area contributed by atoms with Crippen molar-refractivity contribution in [2.75, 3.05) is 0 Å². The van der Waals surface area contributed by atoms with E-state index < -0.39 is 6.10 Å². The second-order valence-electron chi connectivity index (χ2n) is 4.61. The molecule has 0 amide bonds. The molecule has 2 heterocycles. The SMILES string of the molecule is Cc1oc2cc(C#N)c(C#N)cc2c1C(O)c1cccs1. The van der Waals surface area contributed by atoms with Crippen LogP contribution in [-0.4, -0.2) is 5.11 Å². The fourth-order valence-electron chi connectivity index (χ4n) is 2.40. The van der Waals surface area contributed by atoms with E-state index in [2.05, 4.69) is 0 Å². The van der Waals surface area contributed by atoms with Crippen LogP contribution in [-0.2, 0) is 0 Å². The number of fused-ring (bicyclic) bond motifs is 1. The summed E-state index contributed by atoms with van der Waals surface area (Å²) in [5.74, 6) is 0.588. The molecule has 3 aromatic rings. The lowest BCUT2D eigenvalue weighted by atomic mass is 10.0. The van der Waals surface area contributed by atoms with E-state index in [4.69, 9.17) is 14.9 Å². The predicted molar refractivity (Wildman–Crippen MR) is 78.8 cm³/mol. The van der Waals surface area contributed by atoms with E-state index in [0.29, 0.717) is 22.3 Å². The lowest BCUT2D eigenvalue weighted by molar-refractivity contribution is 0.223. The molecule has 0 saturated heterocycles. The second kappa shape index (κ2) is 5.06. The van der Waals surface area contributed by atoms with Crippen molar-refractivity contribution in [3.63, 3.8) is 0 Å². The maximum atomic E-state index is 10.5. The monoisotopic (exact) mass is 294 g/mol. The van der Waals surface area contributed by atoms with E-state index in [0.717, 1.165) is 4.88 Å². The molecule has 0 fully saturated rings. The molecule has 0 aliphatic heterocycles. The Morgan fingerprint density at radius 2 is 1.95 bits per heavy atom. The molecule has 0 bridgehead atoms. The summed E-state index contributed by atoms with van der Waals surface area (Å²) in [6.45, 7) is 1.77. The molecule has 4 nitrogen and oxygen atoms in total. The summed E-state index contributed by atoms with van der Waals surface area (Å²) in [5, 5.41) is 31.3. The number of hydrogen-bond acceptors (Lipinski definition) is 5. The van der Waals surface area contributed by atoms with Gasteiger partial charge in [-0.2, -0.15) is 10.5 Å². The second-order valence-corrected chi connectivity index (χ2v) is 5.59. The molecule has 0 saturated carbocycles. The van der Waals surface area contributed by atoms with Gasteiger partial charge < -0.3 is 9.52 Å². The highest BCUT2D eigenvalue weighted by Gasteiger charge is 2.22. The Kier molecular flexibility index (Phi) is 3.23. The Hall–Kier alpha value is -2.60. The first-order valence-electron chi connectivity index (χ1n) is 6.24. The zero-order valence-corrected chi connectivity index (χ0v) is 11.9. The summed E-state index contributed by atoms with van der Waals surface area (Å²) < 4.78 is 5.64. The number of benzene rings is 1. The number of aryl methyl sites for hydroxylation is 1. The molecule has 3 rings (SSSR count). The average Bonchev–Trinajstić information content (AvgIpc) is 3.11. The van der Waals surface area contributed by atoms with Gasteiger partial charge in [0.15, 0.2) is 0 Å². The van der Waals surface area contributed by atoms with Gasteiger partial charge >= 0.3 is 0 Å². The molecule has 1 N–H and O–H groups in total. The van der Waals surface area contributed by atoms with Gasteiger partial charge in [0.1, 0.15) is 29.6 Å². The number of thiophene rings is 1. The van der Waals surface area contributed by atoms with Crippen molar-refractivity contribution >= 4 is 22.3 Å². The molecule has 0 aliphatic carbocycles. The van der Waals surface area contributed by atoms with Crippen LogP contribution in [0.15, 0.2) is 34.1 Å². The van der Waals surface area contributed by atoms with Gasteiger partial charge in [-0.25, -0.2) is 0 Å². The van der Waals surface area contributed by atoms with Crippen molar-refractivity contribution in [1.29, 1.82) is 10.5 Å². The van der Waals surface area contributed by atoms with Crippen molar-refractivity contribution in [2.24, 2.45) is 0 Å². The van der Waals surface area contributed by atoms with Crippen molar-refractivity contribution in [1.82, 2.24) is 0 Å². The van der Waals surface area contributed by atoms with Crippen LogP contribution in [0.4, 0.5) is 0 Å². The van der Waals surface area contributed by atoms with Gasteiger partial charge in [-0.15, -0.1) is 11.3 Å². The predicted octanol–water partition coefficient (Wildman–Crippen LogP) is 3.63. The van der Waals surface area contributed by atoms with Gasteiger partial charge in [-0.1, -0.05) is 6.07 Å². The minimum Gasteiger partial charge on any atom is -0.461 e. The highest BCUT2D eigenvalue weighted by Crippen LogP contribution is 2.36. The summed E-state index contributed by atoms with van der Waals surface area (Å²) in [6, 6.07) is 10.9. The Morgan fingerprint density at radius 1 is 1.24 bits per heavy atom. The van der Waals surface area contributed by atoms with E-state index >= 15 is 0 Å². The summed E-state index contributed by atoms with van der Waals surface area (Å²) in [6.07, 6.45) is -0.800. The van der Waals surface area contributed by atoms with Crippen LogP contribution >= 0.6 is 11.3 Å². The van der Waals surface area contributed by atoms with Crippen molar-refractivity contribution < 1.29 is 9.52 Å². The van der Waals surface area contributed by atoms with Crippen LogP contribution in [0.2, 0.25) is 0 Å². The lowest BCUT2D eigenvalue weighted by Crippen LogP contribution is -1.98. The van der Waals surface area contributed by atoms with Crippen molar-refractivity contribution in [3.05, 3.63) is 57.0 Å². The van der Waals surface area contributed by atoms with Gasteiger partial charge in [-0.3, -0.25) is 0 Å². The molecule has 0 radical (unpaired) electrons. The van der Waals surface area contributed by atoms with Gasteiger partial charge in [0.2, 0.25) is 0 Å². The zero-order chi connectivity index (χ0) is 15.0. The summed E-state index contributed by atoms with van der Waals surface area (Å²) in [7, 11) is 0.